The number of carbonyl (C=O) groups excluding carboxylic acids is 1. The molecular weight excluding hydrogens is 372 g/mol. The predicted molar refractivity (Wildman–Crippen MR) is 102 cm³/mol. The molecule has 2 aromatic heterocycles. The summed E-state index contributed by atoms with van der Waals surface area (Å²) in [6, 6.07) is 3.69. The summed E-state index contributed by atoms with van der Waals surface area (Å²) in [5.41, 5.74) is 0.513. The van der Waals surface area contributed by atoms with Crippen LogP contribution in [0, 0.1) is 11.6 Å². The largest absolute Gasteiger partial charge is 0.309 e. The van der Waals surface area contributed by atoms with Crippen molar-refractivity contribution in [3.63, 3.8) is 0 Å². The van der Waals surface area contributed by atoms with Crippen molar-refractivity contribution < 1.29 is 13.6 Å². The Kier molecular flexibility index (Phi) is 5.81. The van der Waals surface area contributed by atoms with Crippen LogP contribution in [0.2, 0.25) is 0 Å². The van der Waals surface area contributed by atoms with E-state index in [9.17, 15) is 13.6 Å². The molecule has 27 heavy (non-hydrogen) atoms. The first-order valence-electron chi connectivity index (χ1n) is 8.64. The first-order chi connectivity index (χ1) is 12.9. The third kappa shape index (κ3) is 4.14. The lowest BCUT2D eigenvalue weighted by atomic mass is 10.3. The van der Waals surface area contributed by atoms with E-state index in [1.54, 1.807) is 16.9 Å². The molecule has 0 saturated carbocycles. The van der Waals surface area contributed by atoms with E-state index in [2.05, 4.69) is 10.1 Å². The van der Waals surface area contributed by atoms with Crippen molar-refractivity contribution in [3.8, 4) is 0 Å². The smallest absolute Gasteiger partial charge is 0.278 e. The summed E-state index contributed by atoms with van der Waals surface area (Å²) in [7, 11) is 3.91. The van der Waals surface area contributed by atoms with Crippen molar-refractivity contribution in [1.82, 2.24) is 19.7 Å². The molecule has 0 fully saturated rings. The Bertz CT molecular complexity index is 953. The monoisotopic (exact) mass is 393 g/mol. The van der Waals surface area contributed by atoms with Crippen LogP contribution in [0.5, 0.6) is 0 Å². The molecule has 0 spiro atoms. The van der Waals surface area contributed by atoms with Gasteiger partial charge in [0.15, 0.2) is 10.9 Å². The maximum atomic E-state index is 14.1. The average molecular weight is 393 g/mol. The predicted octanol–water partition coefficient (Wildman–Crippen LogP) is 3.39. The number of nitrogens with zero attached hydrogens (tertiary/aromatic N) is 5. The van der Waals surface area contributed by atoms with E-state index in [4.69, 9.17) is 0 Å². The average Bonchev–Trinajstić information content (AvgIpc) is 3.24. The first kappa shape index (κ1) is 19.4. The van der Waals surface area contributed by atoms with Gasteiger partial charge in [0.25, 0.3) is 5.91 Å². The fourth-order valence-corrected chi connectivity index (χ4v) is 3.82. The van der Waals surface area contributed by atoms with Crippen LogP contribution in [0.25, 0.3) is 10.2 Å². The molecule has 0 bridgehead atoms. The number of anilines is 1. The SMILES string of the molecule is CCn1nccc1C(=O)N(CCCN(C)C)c1nc2c(F)cc(F)cc2s1. The molecule has 0 aliphatic rings. The standard InChI is InChI=1S/C18H21F2N5OS/c1-4-25-14(6-7-21-25)17(26)24(9-5-8-23(2)3)18-22-16-13(20)10-12(19)11-15(16)27-18/h6-7,10-11H,4-5,8-9H2,1-3H3. The number of aryl methyl sites for hydroxylation is 1. The third-order valence-corrected chi connectivity index (χ3v) is 5.13. The Morgan fingerprint density at radius 2 is 2.04 bits per heavy atom. The van der Waals surface area contributed by atoms with Gasteiger partial charge in [-0.3, -0.25) is 14.4 Å². The number of rotatable bonds is 7. The Morgan fingerprint density at radius 1 is 1.26 bits per heavy atom. The molecule has 0 radical (unpaired) electrons. The lowest BCUT2D eigenvalue weighted by molar-refractivity contribution is 0.0975. The van der Waals surface area contributed by atoms with Crippen LogP contribution in [0.1, 0.15) is 23.8 Å². The number of fused-ring (bicyclic) bond motifs is 1. The van der Waals surface area contributed by atoms with E-state index >= 15 is 0 Å². The summed E-state index contributed by atoms with van der Waals surface area (Å²) in [5.74, 6) is -1.65. The lowest BCUT2D eigenvalue weighted by Gasteiger charge is -2.21. The zero-order valence-corrected chi connectivity index (χ0v) is 16.3. The van der Waals surface area contributed by atoms with Gasteiger partial charge in [0.2, 0.25) is 0 Å². The van der Waals surface area contributed by atoms with Gasteiger partial charge >= 0.3 is 0 Å². The second-order valence-electron chi connectivity index (χ2n) is 6.38. The van der Waals surface area contributed by atoms with Crippen LogP contribution in [-0.2, 0) is 6.54 Å². The molecular formula is C18H21F2N5OS. The Morgan fingerprint density at radius 3 is 2.74 bits per heavy atom. The van der Waals surface area contributed by atoms with Gasteiger partial charge in [0.1, 0.15) is 17.0 Å². The maximum Gasteiger partial charge on any atom is 0.278 e. The minimum atomic E-state index is -0.730. The van der Waals surface area contributed by atoms with Gasteiger partial charge < -0.3 is 4.90 Å². The fourth-order valence-electron chi connectivity index (χ4n) is 2.79. The molecule has 0 aliphatic heterocycles. The van der Waals surface area contributed by atoms with Crippen molar-refractivity contribution in [2.24, 2.45) is 0 Å². The summed E-state index contributed by atoms with van der Waals surface area (Å²) in [5, 5.41) is 4.49. The van der Waals surface area contributed by atoms with Crippen molar-refractivity contribution in [2.75, 3.05) is 32.1 Å². The normalized spacial score (nSPS) is 11.5. The quantitative estimate of drug-likeness (QED) is 0.618. The molecule has 0 unspecified atom stereocenters. The molecule has 3 aromatic rings. The van der Waals surface area contributed by atoms with Gasteiger partial charge in [-0.25, -0.2) is 13.8 Å². The van der Waals surface area contributed by atoms with E-state index in [-0.39, 0.29) is 11.4 Å². The van der Waals surface area contributed by atoms with Crippen LogP contribution in [-0.4, -0.2) is 52.8 Å². The molecule has 2 heterocycles. The Balaban J connectivity index is 1.99. The number of hydrogen-bond acceptors (Lipinski definition) is 5. The second kappa shape index (κ2) is 8.10. The number of benzene rings is 1. The highest BCUT2D eigenvalue weighted by molar-refractivity contribution is 7.22. The lowest BCUT2D eigenvalue weighted by Crippen LogP contribution is -2.34. The van der Waals surface area contributed by atoms with Crippen LogP contribution < -0.4 is 4.90 Å². The number of thiazole rings is 1. The molecule has 144 valence electrons. The molecule has 1 amide bonds. The highest BCUT2D eigenvalue weighted by Crippen LogP contribution is 2.32. The number of amides is 1. The number of carbonyl (C=O) groups is 1. The van der Waals surface area contributed by atoms with Gasteiger partial charge in [0.05, 0.1) is 4.70 Å². The van der Waals surface area contributed by atoms with E-state index < -0.39 is 11.6 Å². The minimum absolute atomic E-state index is 0.0748. The van der Waals surface area contributed by atoms with Gasteiger partial charge in [0, 0.05) is 25.4 Å². The zero-order chi connectivity index (χ0) is 19.6. The van der Waals surface area contributed by atoms with Crippen molar-refractivity contribution in [2.45, 2.75) is 19.9 Å². The molecule has 0 aliphatic carbocycles. The fraction of sp³-hybridized carbons (Fsp3) is 0.389. The van der Waals surface area contributed by atoms with Gasteiger partial charge in [-0.15, -0.1) is 0 Å². The number of hydrogen-bond donors (Lipinski definition) is 0. The summed E-state index contributed by atoms with van der Waals surface area (Å²) in [4.78, 5) is 21.0. The van der Waals surface area contributed by atoms with Crippen molar-refractivity contribution in [3.05, 3.63) is 41.7 Å². The number of aromatic nitrogens is 3. The van der Waals surface area contributed by atoms with Crippen LogP contribution in [0.4, 0.5) is 13.9 Å². The summed E-state index contributed by atoms with van der Waals surface area (Å²) < 4.78 is 29.6. The molecule has 1 aromatic carbocycles. The Hall–Kier alpha value is -2.39. The van der Waals surface area contributed by atoms with Gasteiger partial charge in [-0.05, 0) is 46.1 Å². The molecule has 9 heteroatoms. The second-order valence-corrected chi connectivity index (χ2v) is 7.39. The Labute approximate surface area is 160 Å². The highest BCUT2D eigenvalue weighted by Gasteiger charge is 2.24. The van der Waals surface area contributed by atoms with E-state index in [0.717, 1.165) is 23.9 Å². The van der Waals surface area contributed by atoms with Crippen LogP contribution in [0.3, 0.4) is 0 Å². The first-order valence-corrected chi connectivity index (χ1v) is 9.46. The van der Waals surface area contributed by atoms with Crippen LogP contribution in [0.15, 0.2) is 24.4 Å². The summed E-state index contributed by atoms with van der Waals surface area (Å²) in [6.45, 7) is 3.65. The van der Waals surface area contributed by atoms with E-state index in [1.807, 2.05) is 25.9 Å². The summed E-state index contributed by atoms with van der Waals surface area (Å²) >= 11 is 1.10. The summed E-state index contributed by atoms with van der Waals surface area (Å²) in [6.07, 6.45) is 2.29. The molecule has 0 atom stereocenters. The topological polar surface area (TPSA) is 54.3 Å². The zero-order valence-electron chi connectivity index (χ0n) is 15.4. The molecule has 6 nitrogen and oxygen atoms in total. The highest BCUT2D eigenvalue weighted by atomic mass is 32.1. The van der Waals surface area contributed by atoms with Crippen molar-refractivity contribution >= 4 is 32.6 Å². The van der Waals surface area contributed by atoms with E-state index in [1.165, 1.54) is 11.0 Å². The number of halogens is 2. The van der Waals surface area contributed by atoms with Crippen LogP contribution >= 0.6 is 11.3 Å². The van der Waals surface area contributed by atoms with Gasteiger partial charge in [-0.2, -0.15) is 5.10 Å². The minimum Gasteiger partial charge on any atom is -0.309 e. The van der Waals surface area contributed by atoms with Gasteiger partial charge in [-0.1, -0.05) is 11.3 Å². The van der Waals surface area contributed by atoms with E-state index in [0.29, 0.717) is 35.0 Å². The third-order valence-electron chi connectivity index (χ3n) is 4.10. The van der Waals surface area contributed by atoms with Crippen molar-refractivity contribution in [1.29, 1.82) is 0 Å². The maximum absolute atomic E-state index is 14.1. The molecule has 0 N–H and O–H groups in total. The molecule has 0 saturated heterocycles. The molecule has 3 rings (SSSR count).